The minimum atomic E-state index is -0.520. The van der Waals surface area contributed by atoms with E-state index in [1.165, 1.54) is 0 Å². The molecule has 2 aromatic carbocycles. The van der Waals surface area contributed by atoms with Crippen molar-refractivity contribution >= 4 is 0 Å². The van der Waals surface area contributed by atoms with Gasteiger partial charge in [0.1, 0.15) is 11.9 Å². The molecule has 0 unspecified atom stereocenters. The minimum Gasteiger partial charge on any atom is -0.493 e. The van der Waals surface area contributed by atoms with Gasteiger partial charge in [0.25, 0.3) is 0 Å². The first-order valence-corrected chi connectivity index (χ1v) is 6.88. The Morgan fingerprint density at radius 1 is 1.05 bits per heavy atom. The van der Waals surface area contributed by atoms with E-state index in [4.69, 9.17) is 14.2 Å². The molecule has 0 radical (unpaired) electrons. The molecule has 4 nitrogen and oxygen atoms in total. The highest BCUT2D eigenvalue weighted by molar-refractivity contribution is 5.45. The first-order chi connectivity index (χ1) is 10.2. The van der Waals surface area contributed by atoms with Crippen molar-refractivity contribution in [2.75, 3.05) is 14.2 Å². The summed E-state index contributed by atoms with van der Waals surface area (Å²) in [4.78, 5) is 0. The Labute approximate surface area is 123 Å². The van der Waals surface area contributed by atoms with E-state index in [2.05, 4.69) is 0 Å². The number of para-hydroxylation sites is 1. The molecule has 0 saturated heterocycles. The van der Waals surface area contributed by atoms with Crippen molar-refractivity contribution in [1.29, 1.82) is 0 Å². The molecule has 0 fully saturated rings. The summed E-state index contributed by atoms with van der Waals surface area (Å²) in [6.07, 6.45) is -0.199. The fourth-order valence-electron chi connectivity index (χ4n) is 2.65. The molecule has 0 spiro atoms. The van der Waals surface area contributed by atoms with Crippen LogP contribution in [0.5, 0.6) is 17.2 Å². The first-order valence-electron chi connectivity index (χ1n) is 6.88. The summed E-state index contributed by atoms with van der Waals surface area (Å²) in [6.45, 7) is 0. The molecule has 2 atom stereocenters. The van der Waals surface area contributed by atoms with Crippen molar-refractivity contribution in [3.05, 3.63) is 53.6 Å². The Balaban J connectivity index is 1.92. The van der Waals surface area contributed by atoms with Crippen LogP contribution in [0.25, 0.3) is 0 Å². The number of methoxy groups -OCH3 is 2. The number of hydrogen-bond donors (Lipinski definition) is 1. The molecule has 0 saturated carbocycles. The summed E-state index contributed by atoms with van der Waals surface area (Å²) in [5.74, 6) is 2.07. The van der Waals surface area contributed by atoms with Crippen LogP contribution in [0.2, 0.25) is 0 Å². The van der Waals surface area contributed by atoms with E-state index in [9.17, 15) is 5.11 Å². The first kappa shape index (κ1) is 13.8. The second kappa shape index (κ2) is 5.66. The lowest BCUT2D eigenvalue weighted by molar-refractivity contribution is 0.0656. The van der Waals surface area contributed by atoms with Crippen molar-refractivity contribution in [3.8, 4) is 17.2 Å². The maximum atomic E-state index is 10.3. The average Bonchev–Trinajstić information content (AvgIpc) is 2.54. The quantitative estimate of drug-likeness (QED) is 0.941. The Bertz CT molecular complexity index is 638. The molecule has 0 bridgehead atoms. The van der Waals surface area contributed by atoms with E-state index in [1.54, 1.807) is 14.2 Å². The van der Waals surface area contributed by atoms with Crippen LogP contribution in [-0.2, 0) is 0 Å². The zero-order valence-electron chi connectivity index (χ0n) is 12.1. The number of fused-ring (bicyclic) bond motifs is 1. The zero-order chi connectivity index (χ0) is 14.8. The Morgan fingerprint density at radius 3 is 2.57 bits per heavy atom. The summed E-state index contributed by atoms with van der Waals surface area (Å²) in [5.41, 5.74) is 1.80. The SMILES string of the molecule is COc1ccc([C@H]2C[C@@H](O)c3ccccc3O2)cc1OC. The molecule has 4 heteroatoms. The maximum absolute atomic E-state index is 10.3. The molecule has 3 rings (SSSR count). The molecule has 0 aromatic heterocycles. The third-order valence-corrected chi connectivity index (χ3v) is 3.76. The average molecular weight is 286 g/mol. The molecular weight excluding hydrogens is 268 g/mol. The van der Waals surface area contributed by atoms with Crippen molar-refractivity contribution in [2.45, 2.75) is 18.6 Å². The fourth-order valence-corrected chi connectivity index (χ4v) is 2.65. The summed E-state index contributed by atoms with van der Waals surface area (Å²) >= 11 is 0. The highest BCUT2D eigenvalue weighted by Crippen LogP contribution is 2.42. The lowest BCUT2D eigenvalue weighted by Crippen LogP contribution is -2.19. The molecule has 1 aliphatic heterocycles. The van der Waals surface area contributed by atoms with Gasteiger partial charge >= 0.3 is 0 Å². The van der Waals surface area contributed by atoms with E-state index in [0.717, 1.165) is 16.9 Å². The van der Waals surface area contributed by atoms with Gasteiger partial charge < -0.3 is 19.3 Å². The van der Waals surface area contributed by atoms with E-state index < -0.39 is 6.10 Å². The summed E-state index contributed by atoms with van der Waals surface area (Å²) in [7, 11) is 3.21. The van der Waals surface area contributed by atoms with Crippen LogP contribution in [0.1, 0.15) is 29.8 Å². The number of benzene rings is 2. The van der Waals surface area contributed by atoms with Gasteiger partial charge in [-0.05, 0) is 23.8 Å². The molecule has 0 aliphatic carbocycles. The van der Waals surface area contributed by atoms with Crippen LogP contribution in [0.3, 0.4) is 0 Å². The zero-order valence-corrected chi connectivity index (χ0v) is 12.1. The Hall–Kier alpha value is -2.20. The summed E-state index contributed by atoms with van der Waals surface area (Å²) in [5, 5.41) is 10.3. The number of rotatable bonds is 3. The largest absolute Gasteiger partial charge is 0.493 e. The fraction of sp³-hybridized carbons (Fsp3) is 0.294. The maximum Gasteiger partial charge on any atom is 0.161 e. The molecule has 110 valence electrons. The molecule has 1 heterocycles. The molecule has 2 aromatic rings. The van der Waals surface area contributed by atoms with Gasteiger partial charge in [-0.2, -0.15) is 0 Å². The molecule has 1 N–H and O–H groups in total. The predicted octanol–water partition coefficient (Wildman–Crippen LogP) is 3.26. The number of aliphatic hydroxyl groups is 1. The number of ether oxygens (including phenoxy) is 3. The van der Waals surface area contributed by atoms with Crippen molar-refractivity contribution in [1.82, 2.24) is 0 Å². The van der Waals surface area contributed by atoms with Gasteiger partial charge in [-0.3, -0.25) is 0 Å². The van der Waals surface area contributed by atoms with Gasteiger partial charge in [0.05, 0.1) is 20.3 Å². The third-order valence-electron chi connectivity index (χ3n) is 3.76. The summed E-state index contributed by atoms with van der Waals surface area (Å²) < 4.78 is 16.6. The van der Waals surface area contributed by atoms with Gasteiger partial charge in [0.15, 0.2) is 11.5 Å². The second-order valence-electron chi connectivity index (χ2n) is 5.01. The molecule has 1 aliphatic rings. The lowest BCUT2D eigenvalue weighted by Gasteiger charge is -2.30. The molecular formula is C17H18O4. The van der Waals surface area contributed by atoms with Crippen LogP contribution in [0.4, 0.5) is 0 Å². The van der Waals surface area contributed by atoms with Crippen LogP contribution in [-0.4, -0.2) is 19.3 Å². The highest BCUT2D eigenvalue weighted by Gasteiger charge is 2.28. The monoisotopic (exact) mass is 286 g/mol. The highest BCUT2D eigenvalue weighted by atomic mass is 16.5. The normalized spacial score (nSPS) is 20.3. The standard InChI is InChI=1S/C17H18O4/c1-19-15-8-7-11(9-17(15)20-2)16-10-13(18)12-5-3-4-6-14(12)21-16/h3-9,13,16,18H,10H2,1-2H3/t13-,16-/m1/s1. The molecule has 21 heavy (non-hydrogen) atoms. The number of aliphatic hydroxyl groups excluding tert-OH is 1. The minimum absolute atomic E-state index is 0.199. The van der Waals surface area contributed by atoms with Crippen LogP contribution in [0, 0.1) is 0 Å². The van der Waals surface area contributed by atoms with Crippen LogP contribution < -0.4 is 14.2 Å². The van der Waals surface area contributed by atoms with Crippen LogP contribution in [0.15, 0.2) is 42.5 Å². The van der Waals surface area contributed by atoms with E-state index in [1.807, 2.05) is 42.5 Å². The molecule has 0 amide bonds. The Morgan fingerprint density at radius 2 is 1.81 bits per heavy atom. The van der Waals surface area contributed by atoms with Crippen molar-refractivity contribution < 1.29 is 19.3 Å². The van der Waals surface area contributed by atoms with E-state index in [-0.39, 0.29) is 6.10 Å². The Kier molecular flexibility index (Phi) is 3.71. The third kappa shape index (κ3) is 2.54. The van der Waals surface area contributed by atoms with E-state index in [0.29, 0.717) is 17.9 Å². The second-order valence-corrected chi connectivity index (χ2v) is 5.01. The van der Waals surface area contributed by atoms with Gasteiger partial charge in [-0.15, -0.1) is 0 Å². The van der Waals surface area contributed by atoms with Gasteiger partial charge in [-0.25, -0.2) is 0 Å². The van der Waals surface area contributed by atoms with Gasteiger partial charge in [0.2, 0.25) is 0 Å². The van der Waals surface area contributed by atoms with Gasteiger partial charge in [-0.1, -0.05) is 24.3 Å². The summed E-state index contributed by atoms with van der Waals surface area (Å²) in [6, 6.07) is 13.3. The van der Waals surface area contributed by atoms with Gasteiger partial charge in [0, 0.05) is 12.0 Å². The smallest absolute Gasteiger partial charge is 0.161 e. The van der Waals surface area contributed by atoms with E-state index >= 15 is 0 Å². The van der Waals surface area contributed by atoms with Crippen LogP contribution >= 0.6 is 0 Å². The topological polar surface area (TPSA) is 47.9 Å². The predicted molar refractivity (Wildman–Crippen MR) is 78.9 cm³/mol. The van der Waals surface area contributed by atoms with Crippen molar-refractivity contribution in [3.63, 3.8) is 0 Å². The number of hydrogen-bond acceptors (Lipinski definition) is 4. The lowest BCUT2D eigenvalue weighted by atomic mass is 9.95. The van der Waals surface area contributed by atoms with Crippen molar-refractivity contribution in [2.24, 2.45) is 0 Å².